The molecule has 5 heteroatoms. The van der Waals surface area contributed by atoms with Crippen molar-refractivity contribution in [1.82, 2.24) is 10.2 Å². The van der Waals surface area contributed by atoms with Crippen LogP contribution in [0.3, 0.4) is 0 Å². The zero-order chi connectivity index (χ0) is 17.6. The second kappa shape index (κ2) is 14.3. The minimum absolute atomic E-state index is 0.264. The van der Waals surface area contributed by atoms with Crippen molar-refractivity contribution >= 4 is 0 Å². The average molecular weight is 326 g/mol. The Morgan fingerprint density at radius 1 is 0.864 bits per heavy atom. The van der Waals surface area contributed by atoms with Gasteiger partial charge in [-0.1, -0.05) is 34.6 Å². The lowest BCUT2D eigenvalue weighted by Crippen LogP contribution is -2.36. The van der Waals surface area contributed by atoms with Crippen molar-refractivity contribution in [2.45, 2.75) is 66.5 Å². The fourth-order valence-electron chi connectivity index (χ4n) is 2.30. The van der Waals surface area contributed by atoms with Crippen LogP contribution in [-0.2, 0) is 0 Å². The third-order valence-corrected chi connectivity index (χ3v) is 3.81. The van der Waals surface area contributed by atoms with Crippen LogP contribution in [0.1, 0.15) is 60.3 Å². The molecule has 0 unspecified atom stereocenters. The highest BCUT2D eigenvalue weighted by Gasteiger charge is 2.40. The summed E-state index contributed by atoms with van der Waals surface area (Å²) in [5.74, 6) is -0.0834. The van der Waals surface area contributed by atoms with Gasteiger partial charge in [-0.3, -0.25) is 0 Å². The molecule has 0 radical (unpaired) electrons. The predicted molar refractivity (Wildman–Crippen MR) is 90.2 cm³/mol. The van der Waals surface area contributed by atoms with Gasteiger partial charge in [0.1, 0.15) is 0 Å². The van der Waals surface area contributed by atoms with Crippen LogP contribution in [0.15, 0.2) is 0 Å². The van der Waals surface area contributed by atoms with E-state index >= 15 is 0 Å². The number of halogens is 3. The van der Waals surface area contributed by atoms with Crippen molar-refractivity contribution in [3.8, 4) is 0 Å². The molecule has 0 bridgehead atoms. The van der Waals surface area contributed by atoms with E-state index in [-0.39, 0.29) is 12.8 Å². The molecule has 2 nitrogen and oxygen atoms in total. The quantitative estimate of drug-likeness (QED) is 0.677. The Morgan fingerprint density at radius 3 is 1.55 bits per heavy atom. The van der Waals surface area contributed by atoms with Crippen LogP contribution in [-0.4, -0.2) is 44.3 Å². The number of likely N-dealkylation sites (tertiary alicyclic amines) is 1. The monoisotopic (exact) mass is 326 g/mol. The van der Waals surface area contributed by atoms with Gasteiger partial charge in [-0.25, -0.2) is 0 Å². The lowest BCUT2D eigenvalue weighted by Gasteiger charge is -2.30. The smallest absolute Gasteiger partial charge is 0.317 e. The molecule has 0 atom stereocenters. The predicted octanol–water partition coefficient (Wildman–Crippen LogP) is 4.95. The molecule has 2 saturated heterocycles. The van der Waals surface area contributed by atoms with E-state index in [9.17, 15) is 13.2 Å². The number of alkyl halides is 3. The van der Waals surface area contributed by atoms with E-state index in [0.29, 0.717) is 13.1 Å². The summed E-state index contributed by atoms with van der Waals surface area (Å²) in [6.45, 7) is 13.9. The first-order chi connectivity index (χ1) is 10.4. The molecule has 136 valence electrons. The van der Waals surface area contributed by atoms with E-state index in [1.54, 1.807) is 0 Å². The summed E-state index contributed by atoms with van der Waals surface area (Å²) in [4.78, 5) is 1.93. The molecule has 2 aliphatic rings. The first-order valence-electron chi connectivity index (χ1n) is 8.85. The molecule has 0 aliphatic carbocycles. The second-order valence-electron chi connectivity index (χ2n) is 5.55. The van der Waals surface area contributed by atoms with Crippen LogP contribution >= 0.6 is 0 Å². The van der Waals surface area contributed by atoms with Crippen LogP contribution in [0, 0.1) is 11.8 Å². The van der Waals surface area contributed by atoms with Crippen molar-refractivity contribution in [2.75, 3.05) is 33.2 Å². The number of nitrogens with zero attached hydrogens (tertiary/aromatic N) is 1. The lowest BCUT2D eigenvalue weighted by molar-refractivity contribution is -0.184. The van der Waals surface area contributed by atoms with Crippen LogP contribution in [0.2, 0.25) is 0 Å². The molecule has 0 saturated carbocycles. The van der Waals surface area contributed by atoms with Crippen LogP contribution in [0.25, 0.3) is 0 Å². The molecule has 0 amide bonds. The van der Waals surface area contributed by atoms with E-state index in [2.05, 4.69) is 12.2 Å². The Hall–Kier alpha value is -0.290. The van der Waals surface area contributed by atoms with E-state index < -0.39 is 12.1 Å². The summed E-state index contributed by atoms with van der Waals surface area (Å²) < 4.78 is 36.1. The van der Waals surface area contributed by atoms with Gasteiger partial charge >= 0.3 is 6.18 Å². The van der Waals surface area contributed by atoms with Gasteiger partial charge in [0.05, 0.1) is 5.92 Å². The highest BCUT2D eigenvalue weighted by atomic mass is 19.4. The standard InChI is InChI=1S/C7H12F3N.C6H13N.2C2H6/c1-11-4-2-6(3-5-11)7(8,9)10;1-6-2-4-7-5-3-6;2*1-2/h6H,2-5H2,1H3;6-7H,2-5H2,1H3;2*1-2H3. The maximum atomic E-state index is 12.0. The number of piperidine rings is 2. The molecule has 2 heterocycles. The van der Waals surface area contributed by atoms with Gasteiger partial charge in [0.25, 0.3) is 0 Å². The summed E-state index contributed by atoms with van der Waals surface area (Å²) in [5, 5.41) is 3.32. The van der Waals surface area contributed by atoms with Gasteiger partial charge in [0, 0.05) is 0 Å². The molecule has 0 aromatic carbocycles. The van der Waals surface area contributed by atoms with Gasteiger partial charge in [0.2, 0.25) is 0 Å². The molecule has 2 aliphatic heterocycles. The third kappa shape index (κ3) is 12.3. The average Bonchev–Trinajstić information content (AvgIpc) is 2.52. The van der Waals surface area contributed by atoms with Crippen molar-refractivity contribution < 1.29 is 13.2 Å². The SMILES string of the molecule is CC.CC.CC1CCNCC1.CN1CCC(C(F)(F)F)CC1. The summed E-state index contributed by atoms with van der Waals surface area (Å²) >= 11 is 0. The molecule has 0 aromatic rings. The zero-order valence-corrected chi connectivity index (χ0v) is 15.4. The number of hydrogen-bond donors (Lipinski definition) is 1. The van der Waals surface area contributed by atoms with Gasteiger partial charge in [-0.2, -0.15) is 13.2 Å². The largest absolute Gasteiger partial charge is 0.391 e. The first-order valence-corrected chi connectivity index (χ1v) is 8.85. The Kier molecular flexibility index (Phi) is 15.6. The first kappa shape index (κ1) is 24.0. The third-order valence-electron chi connectivity index (χ3n) is 3.81. The van der Waals surface area contributed by atoms with Gasteiger partial charge in [-0.15, -0.1) is 0 Å². The number of hydrogen-bond acceptors (Lipinski definition) is 2. The molecule has 0 aromatic heterocycles. The maximum absolute atomic E-state index is 12.0. The topological polar surface area (TPSA) is 15.3 Å². The van der Waals surface area contributed by atoms with Gasteiger partial charge < -0.3 is 10.2 Å². The molecule has 2 rings (SSSR count). The minimum atomic E-state index is -3.97. The summed E-state index contributed by atoms with van der Waals surface area (Å²) in [6.07, 6.45) is -0.693. The van der Waals surface area contributed by atoms with Gasteiger partial charge in [0.15, 0.2) is 0 Å². The second-order valence-corrected chi connectivity index (χ2v) is 5.55. The maximum Gasteiger partial charge on any atom is 0.391 e. The highest BCUT2D eigenvalue weighted by Crippen LogP contribution is 2.33. The van der Waals surface area contributed by atoms with Crippen molar-refractivity contribution in [1.29, 1.82) is 0 Å². The minimum Gasteiger partial charge on any atom is -0.317 e. The van der Waals surface area contributed by atoms with E-state index in [1.807, 2.05) is 39.6 Å². The number of rotatable bonds is 0. The fourth-order valence-corrected chi connectivity index (χ4v) is 2.30. The Labute approximate surface area is 135 Å². The van der Waals surface area contributed by atoms with Crippen LogP contribution < -0.4 is 5.32 Å². The molecule has 0 spiro atoms. The fraction of sp³-hybridized carbons (Fsp3) is 1.00. The Bertz CT molecular complexity index is 218. The Morgan fingerprint density at radius 2 is 1.27 bits per heavy atom. The van der Waals surface area contributed by atoms with E-state index in [4.69, 9.17) is 0 Å². The summed E-state index contributed by atoms with van der Waals surface area (Å²) in [7, 11) is 1.85. The molecular weight excluding hydrogens is 289 g/mol. The van der Waals surface area contributed by atoms with Gasteiger partial charge in [-0.05, 0) is 64.8 Å². The van der Waals surface area contributed by atoms with Crippen LogP contribution in [0.4, 0.5) is 13.2 Å². The molecule has 22 heavy (non-hydrogen) atoms. The van der Waals surface area contributed by atoms with Crippen molar-refractivity contribution in [2.24, 2.45) is 11.8 Å². The normalized spacial score (nSPS) is 20.6. The molecule has 1 N–H and O–H groups in total. The zero-order valence-electron chi connectivity index (χ0n) is 15.4. The van der Waals surface area contributed by atoms with E-state index in [1.165, 1.54) is 25.9 Å². The Balaban J connectivity index is 0. The van der Waals surface area contributed by atoms with Crippen molar-refractivity contribution in [3.05, 3.63) is 0 Å². The molecular formula is C17H37F3N2. The summed E-state index contributed by atoms with van der Waals surface area (Å²) in [6, 6.07) is 0. The lowest BCUT2D eigenvalue weighted by atomic mass is 9.97. The van der Waals surface area contributed by atoms with Crippen LogP contribution in [0.5, 0.6) is 0 Å². The van der Waals surface area contributed by atoms with E-state index in [0.717, 1.165) is 5.92 Å². The number of nitrogens with one attached hydrogen (secondary N) is 1. The summed E-state index contributed by atoms with van der Waals surface area (Å²) in [5.41, 5.74) is 0. The van der Waals surface area contributed by atoms with Crippen molar-refractivity contribution in [3.63, 3.8) is 0 Å². The molecule has 2 fully saturated rings. The highest BCUT2D eigenvalue weighted by molar-refractivity contribution is 4.75.